The molecule has 160 valence electrons. The van der Waals surface area contributed by atoms with Gasteiger partial charge in [-0.25, -0.2) is 10.4 Å². The van der Waals surface area contributed by atoms with Crippen LogP contribution in [0.5, 0.6) is 5.75 Å². The first-order valence-corrected chi connectivity index (χ1v) is 9.51. The summed E-state index contributed by atoms with van der Waals surface area (Å²) in [5, 5.41) is 14.0. The number of hydrogen-bond acceptors (Lipinski definition) is 4. The number of nitrogens with zero attached hydrogens (tertiary/aromatic N) is 2. The molecule has 1 heterocycles. The number of alkyl halides is 3. The third-order valence-corrected chi connectivity index (χ3v) is 4.74. The van der Waals surface area contributed by atoms with E-state index in [1.54, 1.807) is 42.5 Å². The third-order valence-electron chi connectivity index (χ3n) is 4.74. The number of aromatic nitrogens is 1. The average Bonchev–Trinajstić information content (AvgIpc) is 2.78. The molecule has 32 heavy (non-hydrogen) atoms. The highest BCUT2D eigenvalue weighted by Crippen LogP contribution is 2.29. The fourth-order valence-electron chi connectivity index (χ4n) is 3.13. The number of amides is 1. The number of pyridine rings is 1. The van der Waals surface area contributed by atoms with Crippen LogP contribution in [0.2, 0.25) is 0 Å². The molecule has 1 aromatic heterocycles. The van der Waals surface area contributed by atoms with E-state index in [0.29, 0.717) is 27.7 Å². The molecule has 0 aliphatic carbocycles. The number of phenolic OH excluding ortho intramolecular Hbond substituents is 1. The first-order chi connectivity index (χ1) is 15.3. The van der Waals surface area contributed by atoms with Crippen LogP contribution in [-0.2, 0) is 6.18 Å². The van der Waals surface area contributed by atoms with E-state index in [1.807, 2.05) is 0 Å². The van der Waals surface area contributed by atoms with Gasteiger partial charge >= 0.3 is 6.18 Å². The molecule has 4 rings (SSSR count). The minimum absolute atomic E-state index is 0.116. The van der Waals surface area contributed by atoms with Crippen molar-refractivity contribution >= 4 is 23.0 Å². The number of hydrogen-bond donors (Lipinski definition) is 2. The van der Waals surface area contributed by atoms with Crippen molar-refractivity contribution in [2.75, 3.05) is 0 Å². The van der Waals surface area contributed by atoms with Crippen molar-refractivity contribution in [1.29, 1.82) is 0 Å². The summed E-state index contributed by atoms with van der Waals surface area (Å²) in [7, 11) is 0. The SMILES string of the molecule is O=C(N/N=C/c1ccc(C(F)(F)F)cc1)c1cc(-c2ccc(O)cc2)nc2ccccc12. The Hall–Kier alpha value is -4.20. The molecule has 0 aliphatic heterocycles. The van der Waals surface area contributed by atoms with Gasteiger partial charge in [-0.15, -0.1) is 0 Å². The number of hydrazone groups is 1. The second kappa shape index (κ2) is 8.50. The van der Waals surface area contributed by atoms with E-state index in [4.69, 9.17) is 0 Å². The van der Waals surface area contributed by atoms with Gasteiger partial charge in [0.2, 0.25) is 0 Å². The van der Waals surface area contributed by atoms with Gasteiger partial charge in [0.1, 0.15) is 5.75 Å². The van der Waals surface area contributed by atoms with Crippen molar-refractivity contribution in [3.8, 4) is 17.0 Å². The Morgan fingerprint density at radius 3 is 2.34 bits per heavy atom. The molecule has 8 heteroatoms. The van der Waals surface area contributed by atoms with Crippen molar-refractivity contribution in [3.63, 3.8) is 0 Å². The van der Waals surface area contributed by atoms with Gasteiger partial charge in [0.15, 0.2) is 0 Å². The highest BCUT2D eigenvalue weighted by molar-refractivity contribution is 6.07. The van der Waals surface area contributed by atoms with Crippen molar-refractivity contribution in [2.24, 2.45) is 5.10 Å². The number of fused-ring (bicyclic) bond motifs is 1. The molecule has 0 fully saturated rings. The molecule has 2 N–H and O–H groups in total. The molecule has 1 amide bonds. The number of rotatable bonds is 4. The number of benzene rings is 3. The van der Waals surface area contributed by atoms with Crippen molar-refractivity contribution < 1.29 is 23.1 Å². The quantitative estimate of drug-likeness (QED) is 0.333. The summed E-state index contributed by atoms with van der Waals surface area (Å²) in [5.41, 5.74) is 4.26. The van der Waals surface area contributed by atoms with E-state index in [-0.39, 0.29) is 5.75 Å². The largest absolute Gasteiger partial charge is 0.508 e. The first kappa shape index (κ1) is 21.0. The summed E-state index contributed by atoms with van der Waals surface area (Å²) < 4.78 is 38.0. The van der Waals surface area contributed by atoms with E-state index in [0.717, 1.165) is 17.7 Å². The number of nitrogens with one attached hydrogen (secondary N) is 1. The number of phenols is 1. The highest BCUT2D eigenvalue weighted by atomic mass is 19.4. The van der Waals surface area contributed by atoms with Crippen LogP contribution in [-0.4, -0.2) is 22.2 Å². The molecular formula is C24H16F3N3O2. The van der Waals surface area contributed by atoms with Crippen LogP contribution in [0.25, 0.3) is 22.2 Å². The average molecular weight is 435 g/mol. The Balaban J connectivity index is 1.60. The molecule has 0 unspecified atom stereocenters. The standard InChI is InChI=1S/C24H16F3N3O2/c25-24(26,27)17-9-5-15(6-10-17)14-28-30-23(32)20-13-22(16-7-11-18(31)12-8-16)29-21-4-2-1-3-19(20)21/h1-14,31H,(H,30,32)/b28-14+. The van der Waals surface area contributed by atoms with Crippen LogP contribution in [0.15, 0.2) is 84.0 Å². The zero-order valence-electron chi connectivity index (χ0n) is 16.5. The lowest BCUT2D eigenvalue weighted by Crippen LogP contribution is -2.18. The van der Waals surface area contributed by atoms with Crippen molar-refractivity contribution in [1.82, 2.24) is 10.4 Å². The topological polar surface area (TPSA) is 74.6 Å². The monoisotopic (exact) mass is 435 g/mol. The normalized spacial score (nSPS) is 11.7. The van der Waals surface area contributed by atoms with Gasteiger partial charge in [-0.2, -0.15) is 18.3 Å². The Morgan fingerprint density at radius 2 is 1.66 bits per heavy atom. The maximum Gasteiger partial charge on any atom is 0.416 e. The summed E-state index contributed by atoms with van der Waals surface area (Å²) in [4.78, 5) is 17.4. The lowest BCUT2D eigenvalue weighted by Gasteiger charge is -2.09. The molecule has 0 bridgehead atoms. The second-order valence-electron chi connectivity index (χ2n) is 6.94. The van der Waals surface area contributed by atoms with Gasteiger partial charge in [0.05, 0.1) is 28.6 Å². The van der Waals surface area contributed by atoms with E-state index >= 15 is 0 Å². The van der Waals surface area contributed by atoms with Crippen LogP contribution in [0, 0.1) is 0 Å². The summed E-state index contributed by atoms with van der Waals surface area (Å²) in [6.07, 6.45) is -3.15. The van der Waals surface area contributed by atoms with Crippen LogP contribution < -0.4 is 5.43 Å². The summed E-state index contributed by atoms with van der Waals surface area (Å²) in [6.45, 7) is 0. The maximum atomic E-state index is 12.8. The number of para-hydroxylation sites is 1. The zero-order chi connectivity index (χ0) is 22.7. The lowest BCUT2D eigenvalue weighted by molar-refractivity contribution is -0.137. The number of carbonyl (C=O) groups excluding carboxylic acids is 1. The minimum Gasteiger partial charge on any atom is -0.508 e. The molecule has 0 radical (unpaired) electrons. The fraction of sp³-hybridized carbons (Fsp3) is 0.0417. The lowest BCUT2D eigenvalue weighted by atomic mass is 10.0. The summed E-state index contributed by atoms with van der Waals surface area (Å²) >= 11 is 0. The molecule has 0 atom stereocenters. The summed E-state index contributed by atoms with van der Waals surface area (Å²) in [6, 6.07) is 19.6. The van der Waals surface area contributed by atoms with E-state index < -0.39 is 17.6 Å². The van der Waals surface area contributed by atoms with Crippen LogP contribution >= 0.6 is 0 Å². The number of aromatic hydroxyl groups is 1. The Morgan fingerprint density at radius 1 is 0.969 bits per heavy atom. The Labute approximate surface area is 180 Å². The van der Waals surface area contributed by atoms with Crippen LogP contribution in [0.4, 0.5) is 13.2 Å². The van der Waals surface area contributed by atoms with Gasteiger partial charge in [0.25, 0.3) is 5.91 Å². The fourth-order valence-corrected chi connectivity index (χ4v) is 3.13. The van der Waals surface area contributed by atoms with Crippen LogP contribution in [0.1, 0.15) is 21.5 Å². The van der Waals surface area contributed by atoms with Gasteiger partial charge in [-0.1, -0.05) is 30.3 Å². The van der Waals surface area contributed by atoms with Gasteiger partial charge in [-0.05, 0) is 54.1 Å². The molecule has 4 aromatic rings. The summed E-state index contributed by atoms with van der Waals surface area (Å²) in [5.74, 6) is -0.378. The maximum absolute atomic E-state index is 12.8. The molecule has 0 saturated heterocycles. The van der Waals surface area contributed by atoms with Crippen LogP contribution in [0.3, 0.4) is 0 Å². The first-order valence-electron chi connectivity index (χ1n) is 9.51. The van der Waals surface area contributed by atoms with E-state index in [1.165, 1.54) is 30.5 Å². The third kappa shape index (κ3) is 4.59. The number of halogens is 3. The molecule has 0 aliphatic rings. The van der Waals surface area contributed by atoms with E-state index in [2.05, 4.69) is 15.5 Å². The molecule has 0 spiro atoms. The highest BCUT2D eigenvalue weighted by Gasteiger charge is 2.29. The van der Waals surface area contributed by atoms with E-state index in [9.17, 15) is 23.1 Å². The second-order valence-corrected chi connectivity index (χ2v) is 6.94. The van der Waals surface area contributed by atoms with Gasteiger partial charge in [-0.3, -0.25) is 4.79 Å². The predicted octanol–water partition coefficient (Wildman–Crippen LogP) is 5.39. The molecule has 5 nitrogen and oxygen atoms in total. The zero-order valence-corrected chi connectivity index (χ0v) is 16.5. The van der Waals surface area contributed by atoms with Gasteiger partial charge in [0, 0.05) is 10.9 Å². The Kier molecular flexibility index (Phi) is 5.59. The van der Waals surface area contributed by atoms with Crippen molar-refractivity contribution in [2.45, 2.75) is 6.18 Å². The Bertz CT molecular complexity index is 1300. The molecule has 3 aromatic carbocycles. The smallest absolute Gasteiger partial charge is 0.416 e. The molecule has 0 saturated carbocycles. The number of carbonyl (C=O) groups is 1. The van der Waals surface area contributed by atoms with Gasteiger partial charge < -0.3 is 5.11 Å². The molecular weight excluding hydrogens is 419 g/mol. The minimum atomic E-state index is -4.42. The predicted molar refractivity (Wildman–Crippen MR) is 115 cm³/mol. The van der Waals surface area contributed by atoms with Crippen molar-refractivity contribution in [3.05, 3.63) is 95.6 Å².